The average molecular weight is 385 g/mol. The van der Waals surface area contributed by atoms with Crippen LogP contribution in [0, 0.1) is 0 Å². The molecule has 2 rings (SSSR count). The predicted molar refractivity (Wildman–Crippen MR) is 79.3 cm³/mol. The first kappa shape index (κ1) is 16.2. The van der Waals surface area contributed by atoms with Crippen molar-refractivity contribution in [2.24, 2.45) is 0 Å². The van der Waals surface area contributed by atoms with E-state index in [0.717, 1.165) is 0 Å². The van der Waals surface area contributed by atoms with Gasteiger partial charge < -0.3 is 9.84 Å². The highest BCUT2D eigenvalue weighted by atomic mass is 79.9. The van der Waals surface area contributed by atoms with Crippen LogP contribution in [0.5, 0.6) is 0 Å². The summed E-state index contributed by atoms with van der Waals surface area (Å²) in [4.78, 5) is 0.166. The van der Waals surface area contributed by atoms with E-state index in [4.69, 9.17) is 16.3 Å². The van der Waals surface area contributed by atoms with Crippen LogP contribution in [0.4, 0.5) is 0 Å². The van der Waals surface area contributed by atoms with Gasteiger partial charge in [-0.1, -0.05) is 11.6 Å². The van der Waals surface area contributed by atoms with Gasteiger partial charge in [-0.3, -0.25) is 0 Å². The van der Waals surface area contributed by atoms with E-state index in [9.17, 15) is 13.5 Å². The Hall–Kier alpha value is -0.180. The molecule has 8 heteroatoms. The van der Waals surface area contributed by atoms with Gasteiger partial charge in [0.25, 0.3) is 0 Å². The first-order valence-electron chi connectivity index (χ1n) is 6.06. The van der Waals surface area contributed by atoms with E-state index < -0.39 is 16.1 Å². The molecule has 0 bridgehead atoms. The zero-order chi connectivity index (χ0) is 14.9. The van der Waals surface area contributed by atoms with Gasteiger partial charge in [0.05, 0.1) is 28.7 Å². The fraction of sp³-hybridized carbons (Fsp3) is 0.500. The molecule has 0 aromatic heterocycles. The summed E-state index contributed by atoms with van der Waals surface area (Å²) in [5, 5.41) is 9.62. The quantitative estimate of drug-likeness (QED) is 0.864. The van der Waals surface area contributed by atoms with Crippen molar-refractivity contribution in [3.05, 3.63) is 27.7 Å². The van der Waals surface area contributed by atoms with Crippen LogP contribution in [0.2, 0.25) is 5.02 Å². The molecule has 2 atom stereocenters. The lowest BCUT2D eigenvalue weighted by molar-refractivity contribution is -0.0750. The van der Waals surface area contributed by atoms with Gasteiger partial charge in [0.15, 0.2) is 0 Å². The molecule has 0 spiro atoms. The van der Waals surface area contributed by atoms with Crippen LogP contribution in [0.15, 0.2) is 27.6 Å². The van der Waals surface area contributed by atoms with Gasteiger partial charge in [-0.25, -0.2) is 8.42 Å². The minimum Gasteiger partial charge on any atom is -0.394 e. The third-order valence-corrected chi connectivity index (χ3v) is 6.07. The van der Waals surface area contributed by atoms with E-state index in [-0.39, 0.29) is 30.7 Å². The Kier molecular flexibility index (Phi) is 5.09. The summed E-state index contributed by atoms with van der Waals surface area (Å²) in [6.45, 7) is 1.98. The van der Waals surface area contributed by atoms with Crippen LogP contribution in [0.3, 0.4) is 0 Å². The Bertz CT molecular complexity index is 595. The topological polar surface area (TPSA) is 66.8 Å². The Morgan fingerprint density at radius 3 is 2.80 bits per heavy atom. The summed E-state index contributed by atoms with van der Waals surface area (Å²) in [5.74, 6) is 0. The van der Waals surface area contributed by atoms with Gasteiger partial charge >= 0.3 is 0 Å². The van der Waals surface area contributed by atoms with Gasteiger partial charge in [0.1, 0.15) is 0 Å². The first-order chi connectivity index (χ1) is 9.34. The van der Waals surface area contributed by atoms with E-state index in [2.05, 4.69) is 15.9 Å². The van der Waals surface area contributed by atoms with Crippen molar-refractivity contribution in [1.29, 1.82) is 0 Å². The largest absolute Gasteiger partial charge is 0.394 e. The molecule has 1 saturated heterocycles. The molecular formula is C12H15BrClNO4S. The van der Waals surface area contributed by atoms with Crippen molar-refractivity contribution >= 4 is 37.6 Å². The summed E-state index contributed by atoms with van der Waals surface area (Å²) in [6, 6.07) is 4.48. The summed E-state index contributed by atoms with van der Waals surface area (Å²) in [5.41, 5.74) is 0. The number of aliphatic hydroxyl groups excluding tert-OH is 1. The Morgan fingerprint density at radius 2 is 2.20 bits per heavy atom. The van der Waals surface area contributed by atoms with Crippen molar-refractivity contribution in [2.45, 2.75) is 24.0 Å². The van der Waals surface area contributed by atoms with E-state index in [1.54, 1.807) is 6.92 Å². The average Bonchev–Trinajstić information content (AvgIpc) is 2.41. The number of sulfonamides is 1. The van der Waals surface area contributed by atoms with Crippen molar-refractivity contribution in [3.8, 4) is 0 Å². The van der Waals surface area contributed by atoms with Gasteiger partial charge in [0, 0.05) is 17.6 Å². The maximum atomic E-state index is 12.6. The molecule has 1 heterocycles. The standard InChI is InChI=1S/C12H15BrClNO4S/c1-8-5-15(6-9(7-16)19-8)20(17,18)10-2-3-12(14)11(13)4-10/h2-4,8-9,16H,5-7H2,1H3. The normalized spacial score (nSPS) is 24.8. The number of halogens is 2. The second-order valence-electron chi connectivity index (χ2n) is 4.65. The molecule has 20 heavy (non-hydrogen) atoms. The van der Waals surface area contributed by atoms with Crippen molar-refractivity contribution in [2.75, 3.05) is 19.7 Å². The van der Waals surface area contributed by atoms with E-state index in [1.807, 2.05) is 0 Å². The number of benzene rings is 1. The minimum absolute atomic E-state index is 0.142. The van der Waals surface area contributed by atoms with Crippen LogP contribution in [-0.2, 0) is 14.8 Å². The maximum Gasteiger partial charge on any atom is 0.243 e. The lowest BCUT2D eigenvalue weighted by Gasteiger charge is -2.35. The van der Waals surface area contributed by atoms with Crippen LogP contribution in [0.1, 0.15) is 6.92 Å². The van der Waals surface area contributed by atoms with E-state index in [0.29, 0.717) is 9.50 Å². The molecule has 1 aromatic rings. The second-order valence-corrected chi connectivity index (χ2v) is 7.85. The fourth-order valence-electron chi connectivity index (χ4n) is 2.09. The summed E-state index contributed by atoms with van der Waals surface area (Å²) < 4.78 is 32.5. The van der Waals surface area contributed by atoms with Gasteiger partial charge in [-0.2, -0.15) is 4.31 Å². The molecule has 0 radical (unpaired) electrons. The molecule has 2 unspecified atom stereocenters. The van der Waals surface area contributed by atoms with Crippen molar-refractivity contribution < 1.29 is 18.3 Å². The Balaban J connectivity index is 2.31. The molecule has 112 valence electrons. The molecule has 1 fully saturated rings. The van der Waals surface area contributed by atoms with E-state index in [1.165, 1.54) is 22.5 Å². The molecule has 0 amide bonds. The summed E-state index contributed by atoms with van der Waals surface area (Å²) in [7, 11) is -3.62. The number of aliphatic hydroxyl groups is 1. The number of morpholine rings is 1. The van der Waals surface area contributed by atoms with Gasteiger partial charge in [-0.05, 0) is 41.1 Å². The highest BCUT2D eigenvalue weighted by molar-refractivity contribution is 9.10. The molecule has 1 aromatic carbocycles. The highest BCUT2D eigenvalue weighted by Gasteiger charge is 2.33. The zero-order valence-corrected chi connectivity index (χ0v) is 13.9. The summed E-state index contributed by atoms with van der Waals surface area (Å²) in [6.07, 6.45) is -0.754. The molecule has 1 aliphatic heterocycles. The Morgan fingerprint density at radius 1 is 1.50 bits per heavy atom. The zero-order valence-electron chi connectivity index (χ0n) is 10.8. The smallest absolute Gasteiger partial charge is 0.243 e. The highest BCUT2D eigenvalue weighted by Crippen LogP contribution is 2.28. The molecule has 0 saturated carbocycles. The number of hydrogen-bond donors (Lipinski definition) is 1. The number of hydrogen-bond acceptors (Lipinski definition) is 4. The maximum absolute atomic E-state index is 12.6. The molecule has 1 aliphatic rings. The number of nitrogens with zero attached hydrogens (tertiary/aromatic N) is 1. The molecule has 0 aliphatic carbocycles. The van der Waals surface area contributed by atoms with Gasteiger partial charge in [-0.15, -0.1) is 0 Å². The molecule has 1 N–H and O–H groups in total. The van der Waals surface area contributed by atoms with Crippen LogP contribution in [0.25, 0.3) is 0 Å². The van der Waals surface area contributed by atoms with Crippen LogP contribution in [-0.4, -0.2) is 49.7 Å². The lowest BCUT2D eigenvalue weighted by atomic mass is 10.2. The SMILES string of the molecule is CC1CN(S(=O)(=O)c2ccc(Cl)c(Br)c2)CC(CO)O1. The van der Waals surface area contributed by atoms with Gasteiger partial charge in [0.2, 0.25) is 10.0 Å². The lowest BCUT2D eigenvalue weighted by Crippen LogP contribution is -2.50. The fourth-order valence-corrected chi connectivity index (χ4v) is 4.31. The summed E-state index contributed by atoms with van der Waals surface area (Å²) >= 11 is 9.10. The molecule has 5 nitrogen and oxygen atoms in total. The second kappa shape index (κ2) is 6.29. The number of ether oxygens (including phenoxy) is 1. The van der Waals surface area contributed by atoms with Crippen LogP contribution >= 0.6 is 27.5 Å². The Labute approximate surface area is 131 Å². The number of rotatable bonds is 3. The van der Waals surface area contributed by atoms with Crippen LogP contribution < -0.4 is 0 Å². The third kappa shape index (κ3) is 3.35. The third-order valence-electron chi connectivity index (χ3n) is 3.03. The first-order valence-corrected chi connectivity index (χ1v) is 8.67. The minimum atomic E-state index is -3.62. The van der Waals surface area contributed by atoms with Crippen molar-refractivity contribution in [1.82, 2.24) is 4.31 Å². The predicted octanol–water partition coefficient (Wildman–Crippen LogP) is 1.87. The molecular weight excluding hydrogens is 370 g/mol. The van der Waals surface area contributed by atoms with Crippen molar-refractivity contribution in [3.63, 3.8) is 0 Å². The van der Waals surface area contributed by atoms with E-state index >= 15 is 0 Å². The monoisotopic (exact) mass is 383 g/mol.